The van der Waals surface area contributed by atoms with Crippen LogP contribution in [0.15, 0.2) is 78.9 Å². The predicted molar refractivity (Wildman–Crippen MR) is 171 cm³/mol. The lowest BCUT2D eigenvalue weighted by Gasteiger charge is -2.34. The molecule has 10 nitrogen and oxygen atoms in total. The first kappa shape index (κ1) is 33.2. The molecule has 4 rings (SSSR count). The molecule has 0 bridgehead atoms. The van der Waals surface area contributed by atoms with E-state index in [0.717, 1.165) is 16.7 Å². The number of nitrogens with zero attached hydrogens (tertiary/aromatic N) is 1. The maximum atomic E-state index is 13.9. The van der Waals surface area contributed by atoms with Crippen LogP contribution in [-0.4, -0.2) is 59.0 Å². The first-order chi connectivity index (χ1) is 21.3. The van der Waals surface area contributed by atoms with Crippen LogP contribution in [-0.2, 0) is 38.6 Å². The van der Waals surface area contributed by atoms with E-state index in [1.165, 1.54) is 0 Å². The Labute approximate surface area is 264 Å². The van der Waals surface area contributed by atoms with E-state index < -0.39 is 29.2 Å². The number of nitrogens with one attached hydrogen (secondary N) is 3. The Kier molecular flexibility index (Phi) is 10.6. The molecule has 0 saturated heterocycles. The van der Waals surface area contributed by atoms with Crippen LogP contribution in [0.2, 0.25) is 0 Å². The van der Waals surface area contributed by atoms with Gasteiger partial charge < -0.3 is 30.3 Å². The Morgan fingerprint density at radius 2 is 1.53 bits per heavy atom. The summed E-state index contributed by atoms with van der Waals surface area (Å²) in [5.74, 6) is -1.09. The van der Waals surface area contributed by atoms with Crippen LogP contribution in [0.3, 0.4) is 0 Å². The van der Waals surface area contributed by atoms with Gasteiger partial charge in [0.1, 0.15) is 17.2 Å². The van der Waals surface area contributed by atoms with Gasteiger partial charge in [0.2, 0.25) is 11.8 Å². The summed E-state index contributed by atoms with van der Waals surface area (Å²) >= 11 is 0. The van der Waals surface area contributed by atoms with Gasteiger partial charge in [-0.25, -0.2) is 4.79 Å². The number of anilines is 1. The normalized spacial score (nSPS) is 13.7. The maximum absolute atomic E-state index is 13.9. The highest BCUT2D eigenvalue weighted by Gasteiger charge is 2.36. The third-order valence-corrected chi connectivity index (χ3v) is 7.20. The summed E-state index contributed by atoms with van der Waals surface area (Å²) in [6.07, 6.45) is -0.126. The second kappa shape index (κ2) is 14.4. The molecule has 0 saturated carbocycles. The number of carbonyl (C=O) groups is 4. The summed E-state index contributed by atoms with van der Waals surface area (Å²) < 4.78 is 11.2. The standard InChI is InChI=1S/C35H42N4O6/c1-34(2,3)45-33(43)38-35(4,5)32(42)37-29(23-44-22-24-12-8-6-9-13-24)31(41)39-19-18-25-16-17-28(20-27(25)21-39)36-30(40)26-14-10-7-11-15-26/h6-17,20,29H,18-19,21-23H2,1-5H3,(H,36,40)(H,37,42)(H,38,43)/t29-/m1/s1. The highest BCUT2D eigenvalue weighted by Crippen LogP contribution is 2.24. The zero-order valence-electron chi connectivity index (χ0n) is 26.5. The van der Waals surface area contributed by atoms with Crippen LogP contribution in [0.25, 0.3) is 0 Å². The number of rotatable bonds is 10. The van der Waals surface area contributed by atoms with Crippen LogP contribution in [0, 0.1) is 0 Å². The van der Waals surface area contributed by atoms with E-state index in [9.17, 15) is 19.2 Å². The van der Waals surface area contributed by atoms with Crippen molar-refractivity contribution in [2.24, 2.45) is 0 Å². The molecular weight excluding hydrogens is 572 g/mol. The summed E-state index contributed by atoms with van der Waals surface area (Å²) in [5.41, 5.74) is 1.98. The lowest BCUT2D eigenvalue weighted by atomic mass is 9.98. The number of amides is 4. The fraction of sp³-hybridized carbons (Fsp3) is 0.371. The van der Waals surface area contributed by atoms with E-state index >= 15 is 0 Å². The topological polar surface area (TPSA) is 126 Å². The van der Waals surface area contributed by atoms with E-state index in [1.807, 2.05) is 54.6 Å². The fourth-order valence-corrected chi connectivity index (χ4v) is 4.83. The molecule has 1 aliphatic rings. The molecule has 1 heterocycles. The summed E-state index contributed by atoms with van der Waals surface area (Å²) in [7, 11) is 0. The molecule has 1 atom stereocenters. The van der Waals surface area contributed by atoms with Crippen LogP contribution in [0.4, 0.5) is 10.5 Å². The first-order valence-corrected chi connectivity index (χ1v) is 15.0. The molecule has 1 aliphatic heterocycles. The van der Waals surface area contributed by atoms with E-state index in [2.05, 4.69) is 16.0 Å². The molecule has 0 unspecified atom stereocenters. The smallest absolute Gasteiger partial charge is 0.408 e. The number of benzene rings is 3. The summed E-state index contributed by atoms with van der Waals surface area (Å²) in [4.78, 5) is 54.1. The lowest BCUT2D eigenvalue weighted by Crippen LogP contribution is -2.60. The van der Waals surface area contributed by atoms with Crippen LogP contribution < -0.4 is 16.0 Å². The monoisotopic (exact) mass is 614 g/mol. The molecule has 0 fully saturated rings. The zero-order valence-corrected chi connectivity index (χ0v) is 26.5. The van der Waals surface area contributed by atoms with Crippen molar-refractivity contribution in [3.05, 3.63) is 101 Å². The zero-order chi connectivity index (χ0) is 32.6. The quantitative estimate of drug-likeness (QED) is 0.301. The summed E-state index contributed by atoms with van der Waals surface area (Å²) in [6.45, 7) is 9.22. The van der Waals surface area contributed by atoms with E-state index in [-0.39, 0.29) is 25.0 Å². The van der Waals surface area contributed by atoms with Crippen molar-refractivity contribution in [2.45, 2.75) is 71.4 Å². The first-order valence-electron chi connectivity index (χ1n) is 15.0. The number of carbonyl (C=O) groups excluding carboxylic acids is 4. The molecule has 45 heavy (non-hydrogen) atoms. The third kappa shape index (κ3) is 9.64. The fourth-order valence-electron chi connectivity index (χ4n) is 4.83. The lowest BCUT2D eigenvalue weighted by molar-refractivity contribution is -0.140. The Balaban J connectivity index is 1.47. The summed E-state index contributed by atoms with van der Waals surface area (Å²) in [6, 6.07) is 23.2. The maximum Gasteiger partial charge on any atom is 0.408 e. The van der Waals surface area contributed by atoms with Crippen molar-refractivity contribution in [1.29, 1.82) is 0 Å². The molecule has 0 aliphatic carbocycles. The molecule has 4 amide bonds. The minimum absolute atomic E-state index is 0.0709. The van der Waals surface area contributed by atoms with Crippen LogP contribution >= 0.6 is 0 Å². The highest BCUT2D eigenvalue weighted by molar-refractivity contribution is 6.04. The average molecular weight is 615 g/mol. The molecule has 0 radical (unpaired) electrons. The second-order valence-electron chi connectivity index (χ2n) is 12.6. The number of hydrogen-bond donors (Lipinski definition) is 3. The van der Waals surface area contributed by atoms with E-state index in [0.29, 0.717) is 30.8 Å². The van der Waals surface area contributed by atoms with Gasteiger partial charge in [0, 0.05) is 24.3 Å². The van der Waals surface area contributed by atoms with Gasteiger partial charge in [0.15, 0.2) is 0 Å². The van der Waals surface area contributed by atoms with Gasteiger partial charge in [-0.1, -0.05) is 54.6 Å². The molecular formula is C35H42N4O6. The molecule has 238 valence electrons. The SMILES string of the molecule is CC(C)(C)OC(=O)NC(C)(C)C(=O)N[C@H](COCc1ccccc1)C(=O)N1CCc2ccc(NC(=O)c3ccccc3)cc2C1. The van der Waals surface area contributed by atoms with Gasteiger partial charge in [-0.2, -0.15) is 0 Å². The Hall–Kier alpha value is -4.70. The average Bonchev–Trinajstić information content (AvgIpc) is 2.99. The van der Waals surface area contributed by atoms with E-state index in [1.54, 1.807) is 63.8 Å². The molecule has 3 N–H and O–H groups in total. The highest BCUT2D eigenvalue weighted by atomic mass is 16.6. The van der Waals surface area contributed by atoms with Crippen molar-refractivity contribution in [3.8, 4) is 0 Å². The van der Waals surface area contributed by atoms with Crippen molar-refractivity contribution >= 4 is 29.5 Å². The minimum atomic E-state index is -1.37. The van der Waals surface area contributed by atoms with Crippen molar-refractivity contribution in [2.75, 3.05) is 18.5 Å². The Bertz CT molecular complexity index is 1500. The Morgan fingerprint density at radius 3 is 2.20 bits per heavy atom. The summed E-state index contributed by atoms with van der Waals surface area (Å²) in [5, 5.41) is 8.32. The molecule has 3 aromatic rings. The Morgan fingerprint density at radius 1 is 0.867 bits per heavy atom. The number of ether oxygens (including phenoxy) is 2. The largest absolute Gasteiger partial charge is 0.444 e. The molecule has 10 heteroatoms. The number of hydrogen-bond acceptors (Lipinski definition) is 6. The van der Waals surface area contributed by atoms with Crippen LogP contribution in [0.5, 0.6) is 0 Å². The van der Waals surface area contributed by atoms with Gasteiger partial charge in [-0.3, -0.25) is 14.4 Å². The second-order valence-corrected chi connectivity index (χ2v) is 12.6. The molecule has 0 aromatic heterocycles. The van der Waals surface area contributed by atoms with Crippen molar-refractivity contribution in [3.63, 3.8) is 0 Å². The van der Waals surface area contributed by atoms with Gasteiger partial charge in [0.25, 0.3) is 5.91 Å². The number of alkyl carbamates (subject to hydrolysis) is 1. The van der Waals surface area contributed by atoms with Gasteiger partial charge in [-0.05, 0) is 82.0 Å². The molecule has 0 spiro atoms. The third-order valence-electron chi connectivity index (χ3n) is 7.20. The van der Waals surface area contributed by atoms with Crippen molar-refractivity contribution in [1.82, 2.24) is 15.5 Å². The van der Waals surface area contributed by atoms with Gasteiger partial charge in [-0.15, -0.1) is 0 Å². The molecule has 3 aromatic carbocycles. The van der Waals surface area contributed by atoms with Gasteiger partial charge in [0.05, 0.1) is 13.2 Å². The van der Waals surface area contributed by atoms with Crippen LogP contribution in [0.1, 0.15) is 61.7 Å². The number of fused-ring (bicyclic) bond motifs is 1. The minimum Gasteiger partial charge on any atom is -0.444 e. The van der Waals surface area contributed by atoms with E-state index in [4.69, 9.17) is 9.47 Å². The van der Waals surface area contributed by atoms with Gasteiger partial charge >= 0.3 is 6.09 Å². The van der Waals surface area contributed by atoms with Crippen molar-refractivity contribution < 1.29 is 28.7 Å². The predicted octanol–water partition coefficient (Wildman–Crippen LogP) is 4.83.